The van der Waals surface area contributed by atoms with Gasteiger partial charge < -0.3 is 14.2 Å². The highest BCUT2D eigenvalue weighted by Crippen LogP contribution is 2.12. The lowest BCUT2D eigenvalue weighted by molar-refractivity contribution is -0.166. The standard InChI is InChI=1S/C51H88O6/c1-4-7-10-13-16-19-21-23-24-25-26-28-29-32-35-38-41-44-50(53)56-47-48(46-55-49(52)43-40-37-34-31-18-15-12-9-6-3)57-51(54)45-42-39-36-33-30-27-22-20-17-14-11-8-5-2/h23-24,26-28,30,32,35-36,39,48H,4-22,25,29,31,33-34,37-38,40-47H2,1-3H3/b24-23-,28-26-,30-27-,35-32-,39-36-. The number of unbranched alkanes of at least 4 members (excludes halogenated alkanes) is 21. The van der Waals surface area contributed by atoms with E-state index in [1.54, 1.807) is 0 Å². The molecule has 0 aromatic carbocycles. The van der Waals surface area contributed by atoms with Gasteiger partial charge in [0.05, 0.1) is 0 Å². The minimum atomic E-state index is -0.820. The number of hydrogen-bond acceptors (Lipinski definition) is 6. The summed E-state index contributed by atoms with van der Waals surface area (Å²) < 4.78 is 16.6. The average molecular weight is 797 g/mol. The van der Waals surface area contributed by atoms with Gasteiger partial charge in [-0.1, -0.05) is 197 Å². The predicted octanol–water partition coefficient (Wildman–Crippen LogP) is 15.3. The monoisotopic (exact) mass is 797 g/mol. The molecular weight excluding hydrogens is 709 g/mol. The molecule has 0 spiro atoms. The molecule has 6 heteroatoms. The lowest BCUT2D eigenvalue weighted by Crippen LogP contribution is -2.30. The molecule has 6 nitrogen and oxygen atoms in total. The van der Waals surface area contributed by atoms with E-state index in [4.69, 9.17) is 14.2 Å². The van der Waals surface area contributed by atoms with Gasteiger partial charge in [0.1, 0.15) is 13.2 Å². The summed E-state index contributed by atoms with van der Waals surface area (Å²) in [6.07, 6.45) is 55.1. The van der Waals surface area contributed by atoms with E-state index in [1.807, 2.05) is 6.08 Å². The van der Waals surface area contributed by atoms with Crippen molar-refractivity contribution in [2.24, 2.45) is 0 Å². The van der Waals surface area contributed by atoms with Gasteiger partial charge in [0.25, 0.3) is 0 Å². The van der Waals surface area contributed by atoms with Gasteiger partial charge >= 0.3 is 17.9 Å². The lowest BCUT2D eigenvalue weighted by atomic mass is 10.1. The van der Waals surface area contributed by atoms with Gasteiger partial charge in [0.2, 0.25) is 0 Å². The Morgan fingerprint density at radius 3 is 1.12 bits per heavy atom. The highest BCUT2D eigenvalue weighted by Gasteiger charge is 2.19. The quantitative estimate of drug-likeness (QED) is 0.0265. The van der Waals surface area contributed by atoms with Crippen molar-refractivity contribution >= 4 is 17.9 Å². The first-order valence-corrected chi connectivity index (χ1v) is 23.8. The maximum Gasteiger partial charge on any atom is 0.306 e. The highest BCUT2D eigenvalue weighted by atomic mass is 16.6. The Bertz CT molecular complexity index is 1050. The number of hydrogen-bond donors (Lipinski definition) is 0. The van der Waals surface area contributed by atoms with Crippen molar-refractivity contribution in [2.75, 3.05) is 13.2 Å². The van der Waals surface area contributed by atoms with Crippen molar-refractivity contribution in [3.8, 4) is 0 Å². The Hall–Kier alpha value is -2.89. The molecular formula is C51H88O6. The second-order valence-corrected chi connectivity index (χ2v) is 15.7. The molecule has 1 unspecified atom stereocenters. The number of carbonyl (C=O) groups excluding carboxylic acids is 3. The van der Waals surface area contributed by atoms with Crippen molar-refractivity contribution in [3.05, 3.63) is 60.8 Å². The van der Waals surface area contributed by atoms with E-state index < -0.39 is 12.1 Å². The Balaban J connectivity index is 4.49. The lowest BCUT2D eigenvalue weighted by Gasteiger charge is -2.18. The average Bonchev–Trinajstić information content (AvgIpc) is 3.21. The summed E-state index contributed by atoms with van der Waals surface area (Å²) >= 11 is 0. The van der Waals surface area contributed by atoms with Crippen LogP contribution in [0.25, 0.3) is 0 Å². The van der Waals surface area contributed by atoms with E-state index in [0.717, 1.165) is 51.4 Å². The zero-order valence-corrected chi connectivity index (χ0v) is 37.3. The second kappa shape index (κ2) is 45.8. The third kappa shape index (κ3) is 44.1. The van der Waals surface area contributed by atoms with Crippen LogP contribution < -0.4 is 0 Å². The molecule has 0 fully saturated rings. The Labute approximate surface area is 351 Å². The smallest absolute Gasteiger partial charge is 0.306 e. The van der Waals surface area contributed by atoms with Crippen LogP contribution in [-0.2, 0) is 28.6 Å². The first-order chi connectivity index (χ1) is 28.0. The molecule has 0 aromatic rings. The number of esters is 3. The highest BCUT2D eigenvalue weighted by molar-refractivity contribution is 5.71. The summed E-state index contributed by atoms with van der Waals surface area (Å²) in [7, 11) is 0. The molecule has 0 radical (unpaired) electrons. The molecule has 0 aliphatic heterocycles. The predicted molar refractivity (Wildman–Crippen MR) is 242 cm³/mol. The molecule has 57 heavy (non-hydrogen) atoms. The summed E-state index contributed by atoms with van der Waals surface area (Å²) in [6, 6.07) is 0. The maximum absolute atomic E-state index is 12.7. The van der Waals surface area contributed by atoms with Crippen molar-refractivity contribution in [3.63, 3.8) is 0 Å². The fourth-order valence-corrected chi connectivity index (χ4v) is 6.39. The van der Waals surface area contributed by atoms with Crippen LogP contribution in [0.3, 0.4) is 0 Å². The summed E-state index contributed by atoms with van der Waals surface area (Å²) in [5.74, 6) is -1.04. The number of rotatable bonds is 42. The van der Waals surface area contributed by atoms with Gasteiger partial charge in [-0.25, -0.2) is 0 Å². The van der Waals surface area contributed by atoms with Gasteiger partial charge in [0.15, 0.2) is 6.10 Å². The van der Waals surface area contributed by atoms with Crippen LogP contribution in [0.5, 0.6) is 0 Å². The zero-order valence-electron chi connectivity index (χ0n) is 37.3. The Kier molecular flexibility index (Phi) is 43.5. The van der Waals surface area contributed by atoms with Crippen LogP contribution in [0.1, 0.15) is 226 Å². The molecule has 0 N–H and O–H groups in total. The summed E-state index contributed by atoms with van der Waals surface area (Å²) in [5.41, 5.74) is 0. The van der Waals surface area contributed by atoms with Crippen LogP contribution in [0.15, 0.2) is 60.8 Å². The normalized spacial score (nSPS) is 12.5. The minimum absolute atomic E-state index is 0.111. The first-order valence-electron chi connectivity index (χ1n) is 23.8. The molecule has 328 valence electrons. The minimum Gasteiger partial charge on any atom is -0.462 e. The zero-order chi connectivity index (χ0) is 41.5. The SMILES string of the molecule is CCCCCCCC/C=C\C/C=C\C/C=C\CCCC(=O)OCC(COC(=O)CCCCCCCCCCC)OC(=O)CC/C=C\C/C=C\CCCCCCCC. The topological polar surface area (TPSA) is 78.9 Å². The molecule has 0 amide bonds. The van der Waals surface area contributed by atoms with Crippen LogP contribution >= 0.6 is 0 Å². The molecule has 0 saturated heterocycles. The van der Waals surface area contributed by atoms with Crippen LogP contribution in [0.4, 0.5) is 0 Å². The van der Waals surface area contributed by atoms with Gasteiger partial charge in [-0.15, -0.1) is 0 Å². The van der Waals surface area contributed by atoms with Gasteiger partial charge in [-0.2, -0.15) is 0 Å². The van der Waals surface area contributed by atoms with Gasteiger partial charge in [-0.05, 0) is 70.6 Å². The second-order valence-electron chi connectivity index (χ2n) is 15.7. The molecule has 0 saturated carbocycles. The largest absolute Gasteiger partial charge is 0.462 e. The van der Waals surface area contributed by atoms with E-state index in [9.17, 15) is 14.4 Å². The Morgan fingerprint density at radius 2 is 0.684 bits per heavy atom. The van der Waals surface area contributed by atoms with Crippen molar-refractivity contribution in [1.82, 2.24) is 0 Å². The van der Waals surface area contributed by atoms with E-state index in [2.05, 4.69) is 75.5 Å². The number of allylic oxidation sites excluding steroid dienone is 10. The van der Waals surface area contributed by atoms with Crippen molar-refractivity contribution in [2.45, 2.75) is 232 Å². The Morgan fingerprint density at radius 1 is 0.351 bits per heavy atom. The third-order valence-corrected chi connectivity index (χ3v) is 10.0. The molecule has 0 heterocycles. The van der Waals surface area contributed by atoms with Crippen molar-refractivity contribution in [1.29, 1.82) is 0 Å². The molecule has 0 bridgehead atoms. The molecule has 0 aromatic heterocycles. The van der Waals surface area contributed by atoms with Gasteiger partial charge in [-0.3, -0.25) is 14.4 Å². The van der Waals surface area contributed by atoms with Gasteiger partial charge in [0, 0.05) is 19.3 Å². The van der Waals surface area contributed by atoms with Crippen LogP contribution in [-0.4, -0.2) is 37.2 Å². The maximum atomic E-state index is 12.7. The third-order valence-electron chi connectivity index (χ3n) is 10.0. The fraction of sp³-hybridized carbons (Fsp3) is 0.745. The fourth-order valence-electron chi connectivity index (χ4n) is 6.39. The van der Waals surface area contributed by atoms with Crippen LogP contribution in [0, 0.1) is 0 Å². The van der Waals surface area contributed by atoms with Crippen molar-refractivity contribution < 1.29 is 28.6 Å². The van der Waals surface area contributed by atoms with Crippen LogP contribution in [0.2, 0.25) is 0 Å². The number of ether oxygens (including phenoxy) is 3. The summed E-state index contributed by atoms with van der Waals surface area (Å²) in [4.78, 5) is 37.7. The first kappa shape index (κ1) is 54.1. The summed E-state index contributed by atoms with van der Waals surface area (Å²) in [6.45, 7) is 6.50. The molecule has 1 atom stereocenters. The van der Waals surface area contributed by atoms with E-state index >= 15 is 0 Å². The van der Waals surface area contributed by atoms with E-state index in [1.165, 1.54) is 122 Å². The summed E-state index contributed by atoms with van der Waals surface area (Å²) in [5, 5.41) is 0. The number of carbonyl (C=O) groups is 3. The molecule has 0 rings (SSSR count). The molecule has 0 aliphatic carbocycles. The molecule has 0 aliphatic rings. The van der Waals surface area contributed by atoms with E-state index in [0.29, 0.717) is 19.3 Å². The van der Waals surface area contributed by atoms with E-state index in [-0.39, 0.29) is 38.0 Å².